The van der Waals surface area contributed by atoms with E-state index in [2.05, 4.69) is 15.4 Å². The van der Waals surface area contributed by atoms with Crippen LogP contribution in [0.4, 0.5) is 23.5 Å². The number of piperidine rings is 1. The SMILES string of the molecule is O=C(Cc1cc(F)ccc1F)N1CCC([C@@H]2C[C@H](C(F)F)n3ncnc3N2)CC1. The first-order chi connectivity index (χ1) is 13.9. The minimum Gasteiger partial charge on any atom is -0.351 e. The number of nitrogens with one attached hydrogen (secondary N) is 1. The lowest BCUT2D eigenvalue weighted by atomic mass is 9.85. The molecule has 4 rings (SSSR count). The highest BCUT2D eigenvalue weighted by atomic mass is 19.3. The number of alkyl halides is 2. The third kappa shape index (κ3) is 4.06. The van der Waals surface area contributed by atoms with Crippen LogP contribution in [0.5, 0.6) is 0 Å². The van der Waals surface area contributed by atoms with Crippen LogP contribution in [-0.2, 0) is 11.2 Å². The summed E-state index contributed by atoms with van der Waals surface area (Å²) < 4.78 is 55.2. The molecule has 1 aromatic carbocycles. The second-order valence-electron chi connectivity index (χ2n) is 7.55. The van der Waals surface area contributed by atoms with Crippen molar-refractivity contribution in [2.24, 2.45) is 5.92 Å². The lowest BCUT2D eigenvalue weighted by Gasteiger charge is -2.40. The van der Waals surface area contributed by atoms with Gasteiger partial charge in [-0.15, -0.1) is 0 Å². The van der Waals surface area contributed by atoms with Crippen molar-refractivity contribution in [3.05, 3.63) is 41.7 Å². The lowest BCUT2D eigenvalue weighted by Crippen LogP contribution is -2.46. The van der Waals surface area contributed by atoms with Gasteiger partial charge in [0.1, 0.15) is 24.0 Å². The van der Waals surface area contributed by atoms with E-state index >= 15 is 0 Å². The summed E-state index contributed by atoms with van der Waals surface area (Å²) in [5.41, 5.74) is 0.0326. The second-order valence-corrected chi connectivity index (χ2v) is 7.55. The van der Waals surface area contributed by atoms with Gasteiger partial charge in [0.25, 0.3) is 6.43 Å². The maximum atomic E-state index is 13.8. The van der Waals surface area contributed by atoms with E-state index in [0.717, 1.165) is 18.2 Å². The number of hydrogen-bond donors (Lipinski definition) is 1. The van der Waals surface area contributed by atoms with E-state index < -0.39 is 24.1 Å². The third-order valence-corrected chi connectivity index (χ3v) is 5.80. The molecule has 0 saturated carbocycles. The van der Waals surface area contributed by atoms with Crippen LogP contribution in [0.1, 0.15) is 30.9 Å². The topological polar surface area (TPSA) is 63.1 Å². The number of anilines is 1. The number of likely N-dealkylation sites (tertiary alicyclic amines) is 1. The first-order valence-electron chi connectivity index (χ1n) is 9.58. The lowest BCUT2D eigenvalue weighted by molar-refractivity contribution is -0.132. The molecule has 2 aromatic rings. The van der Waals surface area contributed by atoms with Gasteiger partial charge in [-0.2, -0.15) is 10.1 Å². The number of fused-ring (bicyclic) bond motifs is 1. The summed E-state index contributed by atoms with van der Waals surface area (Å²) in [5.74, 6) is -1.01. The number of benzene rings is 1. The monoisotopic (exact) mass is 411 g/mol. The van der Waals surface area contributed by atoms with Gasteiger partial charge in [0.15, 0.2) is 0 Å². The maximum absolute atomic E-state index is 13.8. The van der Waals surface area contributed by atoms with Crippen LogP contribution in [0.25, 0.3) is 0 Å². The maximum Gasteiger partial charge on any atom is 0.260 e. The van der Waals surface area contributed by atoms with E-state index in [-0.39, 0.29) is 36.3 Å². The molecular weight excluding hydrogens is 390 g/mol. The van der Waals surface area contributed by atoms with Gasteiger partial charge in [-0.25, -0.2) is 22.2 Å². The molecule has 0 unspecified atom stereocenters. The summed E-state index contributed by atoms with van der Waals surface area (Å²) in [4.78, 5) is 18.1. The molecule has 29 heavy (non-hydrogen) atoms. The van der Waals surface area contributed by atoms with Crippen LogP contribution < -0.4 is 5.32 Å². The van der Waals surface area contributed by atoms with E-state index in [1.54, 1.807) is 4.90 Å². The molecule has 1 amide bonds. The zero-order valence-corrected chi connectivity index (χ0v) is 15.6. The second kappa shape index (κ2) is 8.00. The summed E-state index contributed by atoms with van der Waals surface area (Å²) in [7, 11) is 0. The van der Waals surface area contributed by atoms with Gasteiger partial charge < -0.3 is 10.2 Å². The molecule has 3 heterocycles. The highest BCUT2D eigenvalue weighted by molar-refractivity contribution is 5.78. The van der Waals surface area contributed by atoms with Crippen molar-refractivity contribution in [2.45, 2.75) is 44.2 Å². The Labute approximate surface area is 164 Å². The Balaban J connectivity index is 1.36. The van der Waals surface area contributed by atoms with Crippen LogP contribution in [0, 0.1) is 17.6 Å². The smallest absolute Gasteiger partial charge is 0.260 e. The number of aromatic nitrogens is 3. The first kappa shape index (κ1) is 19.7. The van der Waals surface area contributed by atoms with Crippen LogP contribution in [0.15, 0.2) is 24.5 Å². The highest BCUT2D eigenvalue weighted by Crippen LogP contribution is 2.35. The Morgan fingerprint density at radius 2 is 2.00 bits per heavy atom. The molecule has 1 saturated heterocycles. The average molecular weight is 411 g/mol. The number of nitrogens with zero attached hydrogens (tertiary/aromatic N) is 4. The van der Waals surface area contributed by atoms with Gasteiger partial charge in [-0.3, -0.25) is 4.79 Å². The van der Waals surface area contributed by atoms with Gasteiger partial charge in [-0.1, -0.05) is 0 Å². The fraction of sp³-hybridized carbons (Fsp3) is 0.526. The molecule has 1 N–H and O–H groups in total. The minimum atomic E-state index is -2.54. The molecule has 2 atom stereocenters. The number of rotatable bonds is 4. The Hall–Kier alpha value is -2.65. The van der Waals surface area contributed by atoms with Gasteiger partial charge in [0.05, 0.1) is 6.42 Å². The third-order valence-electron chi connectivity index (χ3n) is 5.80. The molecule has 6 nitrogen and oxygen atoms in total. The zero-order valence-electron chi connectivity index (χ0n) is 15.6. The molecule has 10 heteroatoms. The van der Waals surface area contributed by atoms with E-state index in [9.17, 15) is 22.4 Å². The molecule has 0 spiro atoms. The fourth-order valence-electron chi connectivity index (χ4n) is 4.21. The summed E-state index contributed by atoms with van der Waals surface area (Å²) in [6.07, 6.45) is 0.0293. The Morgan fingerprint density at radius 1 is 1.24 bits per heavy atom. The van der Waals surface area contributed by atoms with Gasteiger partial charge in [-0.05, 0) is 43.4 Å². The van der Waals surface area contributed by atoms with E-state index in [1.165, 1.54) is 11.0 Å². The van der Waals surface area contributed by atoms with Crippen molar-refractivity contribution >= 4 is 11.9 Å². The molecule has 0 radical (unpaired) electrons. The van der Waals surface area contributed by atoms with Gasteiger partial charge in [0.2, 0.25) is 11.9 Å². The Morgan fingerprint density at radius 3 is 2.72 bits per heavy atom. The predicted molar refractivity (Wildman–Crippen MR) is 96.5 cm³/mol. The van der Waals surface area contributed by atoms with Gasteiger partial charge in [0, 0.05) is 24.7 Å². The molecule has 156 valence electrons. The van der Waals surface area contributed by atoms with Crippen molar-refractivity contribution < 1.29 is 22.4 Å². The van der Waals surface area contributed by atoms with Crippen LogP contribution in [0.2, 0.25) is 0 Å². The van der Waals surface area contributed by atoms with Crippen LogP contribution >= 0.6 is 0 Å². The molecule has 1 fully saturated rings. The van der Waals surface area contributed by atoms with Crippen LogP contribution in [0.3, 0.4) is 0 Å². The highest BCUT2D eigenvalue weighted by Gasteiger charge is 2.38. The summed E-state index contributed by atoms with van der Waals surface area (Å²) >= 11 is 0. The van der Waals surface area contributed by atoms with E-state index in [4.69, 9.17) is 0 Å². The average Bonchev–Trinajstić information content (AvgIpc) is 3.18. The molecule has 0 aliphatic carbocycles. The number of amides is 1. The number of carbonyl (C=O) groups is 1. The number of halogens is 4. The summed E-state index contributed by atoms with van der Waals surface area (Å²) in [6, 6.07) is 1.86. The van der Waals surface area contributed by atoms with Crippen molar-refractivity contribution in [1.82, 2.24) is 19.7 Å². The standard InChI is InChI=1S/C19H21F4N5O/c20-13-1-2-14(21)12(7-13)8-17(29)27-5-3-11(4-6-27)15-9-16(18(22)23)28-19(26-15)24-10-25-28/h1-2,7,10-11,15-16,18H,3-6,8-9H2,(H,24,25,26)/t15-,16+/m0/s1. The number of hydrogen-bond acceptors (Lipinski definition) is 4. The van der Waals surface area contributed by atoms with E-state index in [0.29, 0.717) is 31.9 Å². The zero-order chi connectivity index (χ0) is 20.5. The quantitative estimate of drug-likeness (QED) is 0.786. The predicted octanol–water partition coefficient (Wildman–Crippen LogP) is 3.03. The number of carbonyl (C=O) groups excluding carboxylic acids is 1. The van der Waals surface area contributed by atoms with E-state index in [1.807, 2.05) is 0 Å². The van der Waals surface area contributed by atoms with Crippen molar-refractivity contribution in [2.75, 3.05) is 18.4 Å². The molecule has 2 aliphatic rings. The largest absolute Gasteiger partial charge is 0.351 e. The minimum absolute atomic E-state index is 0.0326. The summed E-state index contributed by atoms with van der Waals surface area (Å²) in [6.45, 7) is 0.898. The van der Waals surface area contributed by atoms with Gasteiger partial charge >= 0.3 is 0 Å². The van der Waals surface area contributed by atoms with Crippen LogP contribution in [-0.4, -0.2) is 51.1 Å². The van der Waals surface area contributed by atoms with Crippen molar-refractivity contribution in [3.63, 3.8) is 0 Å². The normalized spacial score (nSPS) is 22.4. The summed E-state index contributed by atoms with van der Waals surface area (Å²) in [5, 5.41) is 7.07. The molecule has 0 bridgehead atoms. The Kier molecular flexibility index (Phi) is 5.42. The van der Waals surface area contributed by atoms with Crippen molar-refractivity contribution in [3.8, 4) is 0 Å². The molecular formula is C19H21F4N5O. The van der Waals surface area contributed by atoms with Crippen molar-refractivity contribution in [1.29, 1.82) is 0 Å². The fourth-order valence-corrected chi connectivity index (χ4v) is 4.21. The molecule has 2 aliphatic heterocycles. The first-order valence-corrected chi connectivity index (χ1v) is 9.58. The Bertz CT molecular complexity index is 881. The molecule has 1 aromatic heterocycles.